The van der Waals surface area contributed by atoms with Crippen LogP contribution in [0.2, 0.25) is 0 Å². The Morgan fingerprint density at radius 3 is 2.56 bits per heavy atom. The number of carbonyl (C=O) groups excluding carboxylic acids is 2. The molecule has 138 valence electrons. The lowest BCUT2D eigenvalue weighted by atomic mass is 9.53. The fourth-order valence-electron chi connectivity index (χ4n) is 5.27. The number of Topliss-reactive ketones (excluding diaryl/α,β-unsaturated/α-hetero) is 1. The topological polar surface area (TPSA) is 52.6 Å². The Bertz CT molecular complexity index is 653. The molecule has 0 radical (unpaired) electrons. The predicted octanol–water partition coefficient (Wildman–Crippen LogP) is 4.00. The predicted molar refractivity (Wildman–Crippen MR) is 96.0 cm³/mol. The van der Waals surface area contributed by atoms with Crippen molar-refractivity contribution >= 4 is 11.8 Å². The molecule has 2 bridgehead atoms. The van der Waals surface area contributed by atoms with Gasteiger partial charge < -0.3 is 9.47 Å². The van der Waals surface area contributed by atoms with E-state index in [0.717, 1.165) is 19.3 Å². The Morgan fingerprint density at radius 2 is 1.96 bits per heavy atom. The second-order valence-electron chi connectivity index (χ2n) is 8.46. The molecular formula is C21H30O4. The molecule has 2 aliphatic carbocycles. The van der Waals surface area contributed by atoms with Gasteiger partial charge in [0.25, 0.3) is 0 Å². The standard InChI is InChI=1S/C21H30O4/c1-12(2)14-6-7-21(4)10-15(14)16-11-25-18(8-13(3)22)20(16)17(21)9-19(23)24-5/h15,17-18H,6-11H2,1-5H3/t15-,17+,18+,21+/m0/s1. The lowest BCUT2D eigenvalue weighted by Crippen LogP contribution is -2.43. The van der Waals surface area contributed by atoms with Crippen molar-refractivity contribution < 1.29 is 19.1 Å². The van der Waals surface area contributed by atoms with Gasteiger partial charge in [0.15, 0.2) is 0 Å². The Balaban J connectivity index is 2.08. The summed E-state index contributed by atoms with van der Waals surface area (Å²) >= 11 is 0. The number of esters is 1. The maximum Gasteiger partial charge on any atom is 0.306 e. The first kappa shape index (κ1) is 18.4. The summed E-state index contributed by atoms with van der Waals surface area (Å²) in [5.41, 5.74) is 5.58. The van der Waals surface area contributed by atoms with E-state index in [0.29, 0.717) is 25.4 Å². The molecule has 25 heavy (non-hydrogen) atoms. The van der Waals surface area contributed by atoms with E-state index in [2.05, 4.69) is 20.8 Å². The van der Waals surface area contributed by atoms with Gasteiger partial charge in [0.2, 0.25) is 0 Å². The van der Waals surface area contributed by atoms with E-state index in [1.807, 2.05) is 0 Å². The Morgan fingerprint density at radius 1 is 1.24 bits per heavy atom. The molecule has 4 atom stereocenters. The molecule has 0 aromatic heterocycles. The smallest absolute Gasteiger partial charge is 0.306 e. The number of hydrogen-bond acceptors (Lipinski definition) is 4. The van der Waals surface area contributed by atoms with Gasteiger partial charge in [0.1, 0.15) is 5.78 Å². The van der Waals surface area contributed by atoms with Crippen LogP contribution in [0.5, 0.6) is 0 Å². The van der Waals surface area contributed by atoms with Gasteiger partial charge in [-0.2, -0.15) is 0 Å². The minimum Gasteiger partial charge on any atom is -0.469 e. The van der Waals surface area contributed by atoms with Crippen molar-refractivity contribution in [1.29, 1.82) is 0 Å². The largest absolute Gasteiger partial charge is 0.469 e. The van der Waals surface area contributed by atoms with Crippen molar-refractivity contribution in [2.75, 3.05) is 13.7 Å². The van der Waals surface area contributed by atoms with E-state index >= 15 is 0 Å². The summed E-state index contributed by atoms with van der Waals surface area (Å²) in [6.07, 6.45) is 3.87. The van der Waals surface area contributed by atoms with Gasteiger partial charge in [0.05, 0.1) is 26.2 Å². The van der Waals surface area contributed by atoms with Crippen LogP contribution in [-0.4, -0.2) is 31.6 Å². The Kier molecular flexibility index (Phi) is 4.93. The molecule has 0 unspecified atom stereocenters. The molecule has 3 rings (SSSR count). The van der Waals surface area contributed by atoms with Crippen LogP contribution in [0.25, 0.3) is 0 Å². The van der Waals surface area contributed by atoms with Gasteiger partial charge in [-0.25, -0.2) is 0 Å². The molecule has 1 saturated carbocycles. The van der Waals surface area contributed by atoms with Gasteiger partial charge in [-0.05, 0) is 62.5 Å². The summed E-state index contributed by atoms with van der Waals surface area (Å²) in [4.78, 5) is 23.9. The SMILES string of the molecule is COC(=O)C[C@@H]1C2=C(CO[C@@H]2CC(C)=O)[C@H]2C[C@@]1(C)CCC2=C(C)C. The van der Waals surface area contributed by atoms with E-state index in [9.17, 15) is 9.59 Å². The first-order valence-electron chi connectivity index (χ1n) is 9.33. The number of hydrogen-bond donors (Lipinski definition) is 0. The number of allylic oxidation sites excluding steroid dienone is 2. The average Bonchev–Trinajstić information content (AvgIpc) is 2.93. The molecular weight excluding hydrogens is 316 g/mol. The Hall–Kier alpha value is -1.42. The van der Waals surface area contributed by atoms with Crippen LogP contribution in [0.15, 0.2) is 22.3 Å². The molecule has 0 spiro atoms. The van der Waals surface area contributed by atoms with Gasteiger partial charge >= 0.3 is 5.97 Å². The van der Waals surface area contributed by atoms with Crippen LogP contribution in [-0.2, 0) is 19.1 Å². The van der Waals surface area contributed by atoms with Crippen molar-refractivity contribution in [2.24, 2.45) is 17.3 Å². The zero-order chi connectivity index (χ0) is 18.4. The maximum absolute atomic E-state index is 12.1. The highest BCUT2D eigenvalue weighted by molar-refractivity contribution is 5.77. The average molecular weight is 346 g/mol. The maximum atomic E-state index is 12.1. The molecule has 0 saturated heterocycles. The number of methoxy groups -OCH3 is 1. The van der Waals surface area contributed by atoms with E-state index in [1.165, 1.54) is 29.4 Å². The minimum absolute atomic E-state index is 0.0688. The summed E-state index contributed by atoms with van der Waals surface area (Å²) in [7, 11) is 1.45. The van der Waals surface area contributed by atoms with Gasteiger partial charge in [-0.3, -0.25) is 9.59 Å². The van der Waals surface area contributed by atoms with Gasteiger partial charge in [0, 0.05) is 12.3 Å². The lowest BCUT2D eigenvalue weighted by Gasteiger charge is -2.50. The number of ketones is 1. The van der Waals surface area contributed by atoms with E-state index in [4.69, 9.17) is 9.47 Å². The summed E-state index contributed by atoms with van der Waals surface area (Å²) in [6.45, 7) is 8.91. The molecule has 0 N–H and O–H groups in total. The molecule has 0 amide bonds. The molecule has 3 aliphatic rings. The van der Waals surface area contributed by atoms with Crippen LogP contribution in [0.1, 0.15) is 59.8 Å². The van der Waals surface area contributed by atoms with Crippen molar-refractivity contribution in [1.82, 2.24) is 0 Å². The van der Waals surface area contributed by atoms with Crippen LogP contribution in [0, 0.1) is 17.3 Å². The van der Waals surface area contributed by atoms with Gasteiger partial charge in [-0.1, -0.05) is 18.1 Å². The summed E-state index contributed by atoms with van der Waals surface area (Å²) in [6, 6.07) is 0. The molecule has 1 fully saturated rings. The number of fused-ring (bicyclic) bond motifs is 3. The number of rotatable bonds is 4. The van der Waals surface area contributed by atoms with E-state index < -0.39 is 0 Å². The fourth-order valence-corrected chi connectivity index (χ4v) is 5.27. The van der Waals surface area contributed by atoms with Crippen molar-refractivity contribution in [3.8, 4) is 0 Å². The van der Waals surface area contributed by atoms with Crippen molar-refractivity contribution in [2.45, 2.75) is 65.9 Å². The van der Waals surface area contributed by atoms with Crippen LogP contribution in [0.3, 0.4) is 0 Å². The first-order chi connectivity index (χ1) is 11.8. The van der Waals surface area contributed by atoms with Crippen molar-refractivity contribution in [3.05, 3.63) is 22.3 Å². The third-order valence-electron chi connectivity index (χ3n) is 6.57. The highest BCUT2D eigenvalue weighted by atomic mass is 16.5. The van der Waals surface area contributed by atoms with Crippen LogP contribution >= 0.6 is 0 Å². The third-order valence-corrected chi connectivity index (χ3v) is 6.57. The zero-order valence-corrected chi connectivity index (χ0v) is 16.1. The molecule has 1 aliphatic heterocycles. The fraction of sp³-hybridized carbons (Fsp3) is 0.714. The van der Waals surface area contributed by atoms with E-state index in [1.54, 1.807) is 6.92 Å². The Labute approximate surface area is 150 Å². The van der Waals surface area contributed by atoms with E-state index in [-0.39, 0.29) is 29.2 Å². The van der Waals surface area contributed by atoms with Crippen LogP contribution < -0.4 is 0 Å². The van der Waals surface area contributed by atoms with Gasteiger partial charge in [-0.15, -0.1) is 0 Å². The monoisotopic (exact) mass is 346 g/mol. The minimum atomic E-state index is -0.169. The molecule has 0 aromatic rings. The normalized spacial score (nSPS) is 34.0. The summed E-state index contributed by atoms with van der Waals surface area (Å²) in [5, 5.41) is 0. The third kappa shape index (κ3) is 3.21. The lowest BCUT2D eigenvalue weighted by molar-refractivity contribution is -0.142. The molecule has 4 heteroatoms. The number of ether oxygens (including phenoxy) is 2. The summed E-state index contributed by atoms with van der Waals surface area (Å²) in [5.74, 6) is 0.512. The molecule has 1 heterocycles. The second-order valence-corrected chi connectivity index (χ2v) is 8.46. The zero-order valence-electron chi connectivity index (χ0n) is 16.1. The highest BCUT2D eigenvalue weighted by Gasteiger charge is 2.52. The molecule has 4 nitrogen and oxygen atoms in total. The van der Waals surface area contributed by atoms with Crippen molar-refractivity contribution in [3.63, 3.8) is 0 Å². The van der Waals surface area contributed by atoms with Crippen LogP contribution in [0.4, 0.5) is 0 Å². The summed E-state index contributed by atoms with van der Waals surface area (Å²) < 4.78 is 11.0. The second kappa shape index (κ2) is 6.71. The first-order valence-corrected chi connectivity index (χ1v) is 9.33. The number of carbonyl (C=O) groups is 2. The highest BCUT2D eigenvalue weighted by Crippen LogP contribution is 2.59. The molecule has 0 aromatic carbocycles. The quantitative estimate of drug-likeness (QED) is 0.570.